The number of aryl methyl sites for hydroxylation is 1. The van der Waals surface area contributed by atoms with Crippen molar-refractivity contribution in [3.05, 3.63) is 64.4 Å². The number of hydrogen-bond acceptors (Lipinski definition) is 4. The molecule has 0 bridgehead atoms. The van der Waals surface area contributed by atoms with E-state index >= 15 is 0 Å². The molecule has 0 unspecified atom stereocenters. The third-order valence-corrected chi connectivity index (χ3v) is 4.13. The van der Waals surface area contributed by atoms with E-state index in [2.05, 4.69) is 21.5 Å². The van der Waals surface area contributed by atoms with E-state index in [1.54, 1.807) is 22.3 Å². The van der Waals surface area contributed by atoms with Gasteiger partial charge < -0.3 is 5.32 Å². The number of aromatic nitrogens is 3. The van der Waals surface area contributed by atoms with Crippen LogP contribution >= 0.6 is 11.3 Å². The van der Waals surface area contributed by atoms with E-state index in [9.17, 15) is 4.79 Å². The standard InChI is InChI=1S/C16H16N4OS/c1-12-4-2-5-13(10-12)20-11-18-15(19-20)16(21)17-8-7-14-6-3-9-22-14/h2-6,9-11H,7-8H2,1H3,(H,17,21). The quantitative estimate of drug-likeness (QED) is 0.788. The monoisotopic (exact) mass is 312 g/mol. The zero-order chi connectivity index (χ0) is 15.4. The largest absolute Gasteiger partial charge is 0.349 e. The van der Waals surface area contributed by atoms with Gasteiger partial charge in [0.25, 0.3) is 5.91 Å². The smallest absolute Gasteiger partial charge is 0.290 e. The van der Waals surface area contributed by atoms with Gasteiger partial charge in [-0.2, -0.15) is 0 Å². The summed E-state index contributed by atoms with van der Waals surface area (Å²) in [6.45, 7) is 2.59. The molecule has 22 heavy (non-hydrogen) atoms. The first-order chi connectivity index (χ1) is 10.7. The van der Waals surface area contributed by atoms with Crippen LogP contribution in [0.3, 0.4) is 0 Å². The zero-order valence-corrected chi connectivity index (χ0v) is 13.0. The van der Waals surface area contributed by atoms with Crippen LogP contribution in [0.1, 0.15) is 21.1 Å². The van der Waals surface area contributed by atoms with Gasteiger partial charge in [-0.05, 0) is 42.5 Å². The third kappa shape index (κ3) is 3.40. The molecular formula is C16H16N4OS. The van der Waals surface area contributed by atoms with E-state index in [-0.39, 0.29) is 11.7 Å². The molecule has 0 fully saturated rings. The molecule has 1 aromatic carbocycles. The van der Waals surface area contributed by atoms with Gasteiger partial charge in [-0.1, -0.05) is 18.2 Å². The maximum atomic E-state index is 12.0. The lowest BCUT2D eigenvalue weighted by Crippen LogP contribution is -2.26. The SMILES string of the molecule is Cc1cccc(-n2cnc(C(=O)NCCc3cccs3)n2)c1. The second-order valence-electron chi connectivity index (χ2n) is 4.94. The molecule has 0 saturated heterocycles. The van der Waals surface area contributed by atoms with Crippen molar-refractivity contribution in [2.24, 2.45) is 0 Å². The second kappa shape index (κ2) is 6.53. The Labute approximate surface area is 132 Å². The molecule has 0 aliphatic carbocycles. The molecule has 0 radical (unpaired) electrons. The number of carbonyl (C=O) groups excluding carboxylic acids is 1. The Balaban J connectivity index is 1.62. The van der Waals surface area contributed by atoms with Crippen LogP contribution in [-0.2, 0) is 6.42 Å². The first kappa shape index (κ1) is 14.5. The van der Waals surface area contributed by atoms with Gasteiger partial charge in [0.1, 0.15) is 6.33 Å². The minimum Gasteiger partial charge on any atom is -0.349 e. The first-order valence-electron chi connectivity index (χ1n) is 7.01. The number of thiophene rings is 1. The molecule has 3 rings (SSSR count). The zero-order valence-electron chi connectivity index (χ0n) is 12.2. The molecule has 1 N–H and O–H groups in total. The molecule has 112 valence electrons. The highest BCUT2D eigenvalue weighted by Crippen LogP contribution is 2.09. The lowest BCUT2D eigenvalue weighted by Gasteiger charge is -2.02. The maximum Gasteiger partial charge on any atom is 0.290 e. The minimum absolute atomic E-state index is 0.188. The van der Waals surface area contributed by atoms with E-state index in [1.807, 2.05) is 42.6 Å². The molecule has 5 nitrogen and oxygen atoms in total. The molecule has 0 spiro atoms. The molecule has 3 aromatic rings. The van der Waals surface area contributed by atoms with E-state index in [1.165, 1.54) is 4.88 Å². The predicted molar refractivity (Wildman–Crippen MR) is 86.5 cm³/mol. The number of nitrogens with one attached hydrogen (secondary N) is 1. The van der Waals surface area contributed by atoms with Gasteiger partial charge in [-0.25, -0.2) is 9.67 Å². The molecule has 0 saturated carbocycles. The molecule has 6 heteroatoms. The van der Waals surface area contributed by atoms with E-state index < -0.39 is 0 Å². The molecule has 0 atom stereocenters. The molecule has 1 amide bonds. The van der Waals surface area contributed by atoms with Crippen LogP contribution in [0.4, 0.5) is 0 Å². The predicted octanol–water partition coefficient (Wildman–Crippen LogP) is 2.61. The van der Waals surface area contributed by atoms with E-state index in [4.69, 9.17) is 0 Å². The Morgan fingerprint density at radius 2 is 2.23 bits per heavy atom. The molecular weight excluding hydrogens is 296 g/mol. The summed E-state index contributed by atoms with van der Waals surface area (Å²) in [4.78, 5) is 17.4. The maximum absolute atomic E-state index is 12.0. The van der Waals surface area contributed by atoms with Crippen molar-refractivity contribution in [1.29, 1.82) is 0 Å². The van der Waals surface area contributed by atoms with Gasteiger partial charge in [0.05, 0.1) is 5.69 Å². The Morgan fingerprint density at radius 3 is 3.00 bits per heavy atom. The lowest BCUT2D eigenvalue weighted by atomic mass is 10.2. The van der Waals surface area contributed by atoms with Crippen LogP contribution in [0, 0.1) is 6.92 Å². The van der Waals surface area contributed by atoms with E-state index in [0.29, 0.717) is 6.54 Å². The van der Waals surface area contributed by atoms with Crippen LogP contribution < -0.4 is 5.32 Å². The second-order valence-corrected chi connectivity index (χ2v) is 5.97. The van der Waals surface area contributed by atoms with Gasteiger partial charge in [0, 0.05) is 11.4 Å². The normalized spacial score (nSPS) is 10.6. The van der Waals surface area contributed by atoms with Crippen LogP contribution in [-0.4, -0.2) is 27.2 Å². The Morgan fingerprint density at radius 1 is 1.32 bits per heavy atom. The Bertz CT molecular complexity index is 764. The molecule has 0 aliphatic heterocycles. The summed E-state index contributed by atoms with van der Waals surface area (Å²) in [5.41, 5.74) is 2.03. The summed E-state index contributed by atoms with van der Waals surface area (Å²) >= 11 is 1.69. The Kier molecular flexibility index (Phi) is 4.29. The van der Waals surface area contributed by atoms with Crippen molar-refractivity contribution in [2.45, 2.75) is 13.3 Å². The van der Waals surface area contributed by atoms with Gasteiger partial charge in [-0.15, -0.1) is 16.4 Å². The van der Waals surface area contributed by atoms with Crippen molar-refractivity contribution < 1.29 is 4.79 Å². The van der Waals surface area contributed by atoms with Crippen LogP contribution in [0.15, 0.2) is 48.1 Å². The third-order valence-electron chi connectivity index (χ3n) is 3.20. The fraction of sp³-hybridized carbons (Fsp3) is 0.188. The van der Waals surface area contributed by atoms with Crippen molar-refractivity contribution in [3.8, 4) is 5.69 Å². The van der Waals surface area contributed by atoms with Gasteiger partial charge in [0.15, 0.2) is 0 Å². The molecule has 2 heterocycles. The fourth-order valence-electron chi connectivity index (χ4n) is 2.10. The summed E-state index contributed by atoms with van der Waals surface area (Å²) < 4.78 is 1.61. The number of carbonyl (C=O) groups is 1. The van der Waals surface area contributed by atoms with Gasteiger partial charge >= 0.3 is 0 Å². The molecule has 2 aromatic heterocycles. The molecule has 0 aliphatic rings. The highest BCUT2D eigenvalue weighted by atomic mass is 32.1. The van der Waals surface area contributed by atoms with E-state index in [0.717, 1.165) is 17.7 Å². The highest BCUT2D eigenvalue weighted by molar-refractivity contribution is 7.09. The first-order valence-corrected chi connectivity index (χ1v) is 7.89. The van der Waals surface area contributed by atoms with Crippen molar-refractivity contribution in [2.75, 3.05) is 6.54 Å². The highest BCUT2D eigenvalue weighted by Gasteiger charge is 2.11. The van der Waals surface area contributed by atoms with Crippen LogP contribution in [0.5, 0.6) is 0 Å². The number of hydrogen-bond donors (Lipinski definition) is 1. The van der Waals surface area contributed by atoms with Gasteiger partial charge in [0.2, 0.25) is 5.82 Å². The summed E-state index contributed by atoms with van der Waals surface area (Å²) in [7, 11) is 0. The number of amides is 1. The average molecular weight is 312 g/mol. The Hall–Kier alpha value is -2.47. The number of nitrogens with zero attached hydrogens (tertiary/aromatic N) is 3. The topological polar surface area (TPSA) is 59.8 Å². The number of benzene rings is 1. The van der Waals surface area contributed by atoms with Crippen molar-refractivity contribution in [1.82, 2.24) is 20.1 Å². The van der Waals surface area contributed by atoms with Crippen molar-refractivity contribution in [3.63, 3.8) is 0 Å². The summed E-state index contributed by atoms with van der Waals surface area (Å²) in [5, 5.41) is 9.11. The van der Waals surface area contributed by atoms with Crippen LogP contribution in [0.2, 0.25) is 0 Å². The lowest BCUT2D eigenvalue weighted by molar-refractivity contribution is 0.0944. The van der Waals surface area contributed by atoms with Gasteiger partial charge in [-0.3, -0.25) is 4.79 Å². The van der Waals surface area contributed by atoms with Crippen LogP contribution in [0.25, 0.3) is 5.69 Å². The number of rotatable bonds is 5. The average Bonchev–Trinajstić information content (AvgIpc) is 3.19. The summed E-state index contributed by atoms with van der Waals surface area (Å²) in [6.07, 6.45) is 2.38. The van der Waals surface area contributed by atoms with Crippen molar-refractivity contribution >= 4 is 17.2 Å². The summed E-state index contributed by atoms with van der Waals surface area (Å²) in [6, 6.07) is 12.0. The summed E-state index contributed by atoms with van der Waals surface area (Å²) in [5.74, 6) is -0.0596. The minimum atomic E-state index is -0.247. The fourth-order valence-corrected chi connectivity index (χ4v) is 2.80.